The maximum Gasteiger partial charge on any atom is 0.416 e. The Balaban J connectivity index is 2.24. The van der Waals surface area contributed by atoms with E-state index in [-0.39, 0.29) is 11.4 Å². The molecule has 0 unspecified atom stereocenters. The van der Waals surface area contributed by atoms with Crippen LogP contribution in [0.2, 0.25) is 0 Å². The largest absolute Gasteiger partial charge is 0.416 e. The van der Waals surface area contributed by atoms with Crippen LogP contribution in [0.25, 0.3) is 0 Å². The lowest BCUT2D eigenvalue weighted by molar-refractivity contribution is -0.384. The minimum absolute atomic E-state index is 0.176. The van der Waals surface area contributed by atoms with E-state index in [1.54, 1.807) is 0 Å². The van der Waals surface area contributed by atoms with E-state index >= 15 is 0 Å². The number of hydrogen-bond donors (Lipinski definition) is 1. The van der Waals surface area contributed by atoms with Gasteiger partial charge in [0, 0.05) is 23.8 Å². The van der Waals surface area contributed by atoms with Gasteiger partial charge in [0.2, 0.25) is 0 Å². The molecule has 0 fully saturated rings. The van der Waals surface area contributed by atoms with Gasteiger partial charge in [0.1, 0.15) is 5.69 Å². The quantitative estimate of drug-likeness (QED) is 0.496. The van der Waals surface area contributed by atoms with Crippen LogP contribution in [0.15, 0.2) is 47.6 Å². The lowest BCUT2D eigenvalue weighted by atomic mass is 10.1. The molecule has 8 nitrogen and oxygen atoms in total. The van der Waals surface area contributed by atoms with Gasteiger partial charge in [-0.25, -0.2) is 0 Å². The molecule has 0 amide bonds. The van der Waals surface area contributed by atoms with Crippen molar-refractivity contribution in [1.29, 1.82) is 0 Å². The molecule has 0 aromatic heterocycles. The van der Waals surface area contributed by atoms with E-state index in [2.05, 4.69) is 10.5 Å². The molecule has 0 spiro atoms. The third kappa shape index (κ3) is 4.50. The highest BCUT2D eigenvalue weighted by Gasteiger charge is 2.33. The molecule has 25 heavy (non-hydrogen) atoms. The van der Waals surface area contributed by atoms with Gasteiger partial charge in [0.15, 0.2) is 0 Å². The number of anilines is 1. The van der Waals surface area contributed by atoms with E-state index in [1.165, 1.54) is 24.3 Å². The predicted molar refractivity (Wildman–Crippen MR) is 82.4 cm³/mol. The van der Waals surface area contributed by atoms with Gasteiger partial charge < -0.3 is 0 Å². The van der Waals surface area contributed by atoms with Crippen LogP contribution in [0.1, 0.15) is 11.1 Å². The Hall–Kier alpha value is -3.50. The van der Waals surface area contributed by atoms with Crippen LogP contribution >= 0.6 is 0 Å². The Bertz CT molecular complexity index is 852. The zero-order valence-electron chi connectivity index (χ0n) is 12.2. The molecule has 0 radical (unpaired) electrons. The average Bonchev–Trinajstić information content (AvgIpc) is 2.54. The van der Waals surface area contributed by atoms with E-state index in [4.69, 9.17) is 0 Å². The third-order valence-electron chi connectivity index (χ3n) is 3.00. The summed E-state index contributed by atoms with van der Waals surface area (Å²) in [6, 6.07) is 7.35. The van der Waals surface area contributed by atoms with Crippen LogP contribution in [-0.4, -0.2) is 16.1 Å². The van der Waals surface area contributed by atoms with E-state index in [9.17, 15) is 33.4 Å². The summed E-state index contributed by atoms with van der Waals surface area (Å²) in [6.45, 7) is 0. The number of nitro benzene ring substituents is 2. The van der Waals surface area contributed by atoms with E-state index < -0.39 is 27.3 Å². The summed E-state index contributed by atoms with van der Waals surface area (Å²) in [6.07, 6.45) is -3.57. The molecule has 1 N–H and O–H groups in total. The number of nitrogens with one attached hydrogen (secondary N) is 1. The molecule has 0 heterocycles. The van der Waals surface area contributed by atoms with Gasteiger partial charge in [-0.05, 0) is 12.1 Å². The molecule has 11 heteroatoms. The molecule has 0 bridgehead atoms. The fourth-order valence-electron chi connectivity index (χ4n) is 1.85. The molecule has 0 aliphatic heterocycles. The summed E-state index contributed by atoms with van der Waals surface area (Å²) >= 11 is 0. The van der Waals surface area contributed by atoms with Crippen molar-refractivity contribution in [2.45, 2.75) is 6.18 Å². The summed E-state index contributed by atoms with van der Waals surface area (Å²) in [5, 5.41) is 25.2. The second-order valence-corrected chi connectivity index (χ2v) is 4.71. The van der Waals surface area contributed by atoms with Crippen LogP contribution in [0.4, 0.5) is 30.2 Å². The van der Waals surface area contributed by atoms with E-state index in [1.807, 2.05) is 0 Å². The molecular formula is C14H9F3N4O4. The second kappa shape index (κ2) is 6.95. The van der Waals surface area contributed by atoms with Crippen molar-refractivity contribution in [3.63, 3.8) is 0 Å². The zero-order chi connectivity index (χ0) is 18.6. The summed E-state index contributed by atoms with van der Waals surface area (Å²) in [7, 11) is 0. The number of nitrogens with zero attached hydrogens (tertiary/aromatic N) is 3. The maximum atomic E-state index is 12.6. The van der Waals surface area contributed by atoms with Crippen LogP contribution in [0, 0.1) is 20.2 Å². The standard InChI is InChI=1S/C14H9F3N4O4/c15-14(16,17)10-4-5-12(13(7-10)21(24)25)19-18-8-9-2-1-3-11(6-9)20(22)23/h1-8,19H. The number of nitro groups is 2. The first-order valence-corrected chi connectivity index (χ1v) is 6.57. The molecule has 0 aliphatic carbocycles. The van der Waals surface area contributed by atoms with Gasteiger partial charge in [-0.3, -0.25) is 25.7 Å². The van der Waals surface area contributed by atoms with Crippen molar-refractivity contribution in [2.75, 3.05) is 5.43 Å². The van der Waals surface area contributed by atoms with Crippen molar-refractivity contribution < 1.29 is 23.0 Å². The third-order valence-corrected chi connectivity index (χ3v) is 3.00. The van der Waals surface area contributed by atoms with E-state index in [0.29, 0.717) is 17.7 Å². The summed E-state index contributed by atoms with van der Waals surface area (Å²) in [4.78, 5) is 20.0. The maximum absolute atomic E-state index is 12.6. The first-order valence-electron chi connectivity index (χ1n) is 6.57. The number of non-ortho nitro benzene ring substituents is 1. The van der Waals surface area contributed by atoms with Gasteiger partial charge in [0.25, 0.3) is 11.4 Å². The molecule has 130 valence electrons. The van der Waals surface area contributed by atoms with Crippen molar-refractivity contribution in [1.82, 2.24) is 0 Å². The predicted octanol–water partition coefficient (Wildman–Crippen LogP) is 3.97. The van der Waals surface area contributed by atoms with Gasteiger partial charge >= 0.3 is 6.18 Å². The van der Waals surface area contributed by atoms with Crippen molar-refractivity contribution in [3.8, 4) is 0 Å². The highest BCUT2D eigenvalue weighted by Crippen LogP contribution is 2.34. The SMILES string of the molecule is O=[N+]([O-])c1cccc(C=NNc2ccc(C(F)(F)F)cc2[N+](=O)[O-])c1. The van der Waals surface area contributed by atoms with Crippen LogP contribution in [-0.2, 0) is 6.18 Å². The minimum Gasteiger partial charge on any atom is -0.272 e. The van der Waals surface area contributed by atoms with Crippen molar-refractivity contribution in [3.05, 3.63) is 73.8 Å². The number of alkyl halides is 3. The molecule has 0 atom stereocenters. The van der Waals surface area contributed by atoms with Crippen LogP contribution in [0.3, 0.4) is 0 Å². The Morgan fingerprint density at radius 1 is 1.04 bits per heavy atom. The highest BCUT2D eigenvalue weighted by molar-refractivity contribution is 5.81. The molecule has 0 aliphatic rings. The molecule has 0 saturated carbocycles. The molecule has 2 aromatic rings. The van der Waals surface area contributed by atoms with E-state index in [0.717, 1.165) is 12.3 Å². The van der Waals surface area contributed by atoms with Gasteiger partial charge in [-0.2, -0.15) is 18.3 Å². The topological polar surface area (TPSA) is 111 Å². The number of halogens is 3. The Morgan fingerprint density at radius 3 is 2.36 bits per heavy atom. The summed E-state index contributed by atoms with van der Waals surface area (Å²) < 4.78 is 37.8. The number of hydrogen-bond acceptors (Lipinski definition) is 6. The molecular weight excluding hydrogens is 345 g/mol. The van der Waals surface area contributed by atoms with Gasteiger partial charge in [-0.15, -0.1) is 0 Å². The summed E-state index contributed by atoms with van der Waals surface area (Å²) in [5.74, 6) is 0. The van der Waals surface area contributed by atoms with Crippen LogP contribution < -0.4 is 5.43 Å². The fourth-order valence-corrected chi connectivity index (χ4v) is 1.85. The van der Waals surface area contributed by atoms with Gasteiger partial charge in [0.05, 0.1) is 21.6 Å². The summed E-state index contributed by atoms with van der Waals surface area (Å²) in [5.41, 5.74) is 0.204. The fraction of sp³-hybridized carbons (Fsp3) is 0.0714. The Morgan fingerprint density at radius 2 is 1.76 bits per heavy atom. The van der Waals surface area contributed by atoms with Crippen molar-refractivity contribution >= 4 is 23.3 Å². The molecule has 2 aromatic carbocycles. The Labute approximate surface area is 137 Å². The first-order chi connectivity index (χ1) is 11.7. The lowest BCUT2D eigenvalue weighted by Gasteiger charge is -2.08. The number of benzene rings is 2. The average molecular weight is 354 g/mol. The normalized spacial score (nSPS) is 11.5. The lowest BCUT2D eigenvalue weighted by Crippen LogP contribution is -2.06. The monoisotopic (exact) mass is 354 g/mol. The number of rotatable bonds is 5. The number of hydrazone groups is 1. The van der Waals surface area contributed by atoms with Crippen molar-refractivity contribution in [2.24, 2.45) is 5.10 Å². The van der Waals surface area contributed by atoms with Gasteiger partial charge in [-0.1, -0.05) is 12.1 Å². The molecule has 0 saturated heterocycles. The minimum atomic E-state index is -4.71. The van der Waals surface area contributed by atoms with Crippen LogP contribution in [0.5, 0.6) is 0 Å². The molecule has 2 rings (SSSR count). The highest BCUT2D eigenvalue weighted by atomic mass is 19.4. The first kappa shape index (κ1) is 17.8. The second-order valence-electron chi connectivity index (χ2n) is 4.71. The smallest absolute Gasteiger partial charge is 0.272 e. The Kier molecular flexibility index (Phi) is 4.96. The zero-order valence-corrected chi connectivity index (χ0v) is 12.2.